The van der Waals surface area contributed by atoms with Crippen molar-refractivity contribution in [1.29, 1.82) is 0 Å². The van der Waals surface area contributed by atoms with Gasteiger partial charge >= 0.3 is 0 Å². The van der Waals surface area contributed by atoms with Gasteiger partial charge < -0.3 is 5.32 Å². The number of benzene rings is 1. The quantitative estimate of drug-likeness (QED) is 0.720. The maximum Gasteiger partial charge on any atom is 0.00957 e. The van der Waals surface area contributed by atoms with Crippen molar-refractivity contribution in [3.63, 3.8) is 0 Å². The van der Waals surface area contributed by atoms with Crippen molar-refractivity contribution in [2.24, 2.45) is 5.92 Å². The van der Waals surface area contributed by atoms with Gasteiger partial charge in [-0.05, 0) is 44.2 Å². The number of hydrogen-bond donors (Lipinski definition) is 1. The highest BCUT2D eigenvalue weighted by molar-refractivity contribution is 5.22. The molecule has 0 bridgehead atoms. The Bertz CT molecular complexity index is 332. The summed E-state index contributed by atoms with van der Waals surface area (Å²) in [6, 6.07) is 9.57. The van der Waals surface area contributed by atoms with Gasteiger partial charge in [0.15, 0.2) is 0 Å². The van der Waals surface area contributed by atoms with Gasteiger partial charge in [-0.1, -0.05) is 57.0 Å². The van der Waals surface area contributed by atoms with E-state index in [1.807, 2.05) is 0 Å². The summed E-state index contributed by atoms with van der Waals surface area (Å²) in [7, 11) is 0. The van der Waals surface area contributed by atoms with E-state index in [9.17, 15) is 0 Å². The minimum absolute atomic E-state index is 0.662. The molecule has 1 rings (SSSR count). The SMILES string of the molecule is CCCNC(CCc1cccc(C)c1)C(C)CC. The molecule has 0 aliphatic heterocycles. The van der Waals surface area contributed by atoms with Crippen molar-refractivity contribution in [3.8, 4) is 0 Å². The molecule has 1 nitrogen and oxygen atoms in total. The highest BCUT2D eigenvalue weighted by Gasteiger charge is 2.14. The second-order valence-electron chi connectivity index (χ2n) is 5.47. The summed E-state index contributed by atoms with van der Waals surface area (Å²) in [4.78, 5) is 0. The van der Waals surface area contributed by atoms with Crippen LogP contribution in [0.3, 0.4) is 0 Å². The molecule has 1 aromatic rings. The lowest BCUT2D eigenvalue weighted by Gasteiger charge is -2.24. The Morgan fingerprint density at radius 1 is 1.22 bits per heavy atom. The van der Waals surface area contributed by atoms with Crippen LogP contribution >= 0.6 is 0 Å². The van der Waals surface area contributed by atoms with Crippen LogP contribution in [-0.4, -0.2) is 12.6 Å². The average molecular weight is 247 g/mol. The molecular formula is C17H29N. The fourth-order valence-corrected chi connectivity index (χ4v) is 2.39. The van der Waals surface area contributed by atoms with Gasteiger partial charge in [0.25, 0.3) is 0 Å². The monoisotopic (exact) mass is 247 g/mol. The van der Waals surface area contributed by atoms with Crippen LogP contribution in [0.25, 0.3) is 0 Å². The normalized spacial score (nSPS) is 14.4. The first-order valence-corrected chi connectivity index (χ1v) is 7.46. The Hall–Kier alpha value is -0.820. The third-order valence-electron chi connectivity index (χ3n) is 3.81. The molecule has 0 fully saturated rings. The summed E-state index contributed by atoms with van der Waals surface area (Å²) >= 11 is 0. The van der Waals surface area contributed by atoms with E-state index in [2.05, 4.69) is 57.3 Å². The number of hydrogen-bond acceptors (Lipinski definition) is 1. The lowest BCUT2D eigenvalue weighted by atomic mass is 9.93. The maximum absolute atomic E-state index is 3.70. The fourth-order valence-electron chi connectivity index (χ4n) is 2.39. The van der Waals surface area contributed by atoms with Crippen LogP contribution in [-0.2, 0) is 6.42 Å². The van der Waals surface area contributed by atoms with Crippen LogP contribution < -0.4 is 5.32 Å². The van der Waals surface area contributed by atoms with E-state index < -0.39 is 0 Å². The van der Waals surface area contributed by atoms with Gasteiger partial charge in [0.2, 0.25) is 0 Å². The van der Waals surface area contributed by atoms with Crippen molar-refractivity contribution in [1.82, 2.24) is 5.32 Å². The molecule has 0 heterocycles. The Morgan fingerprint density at radius 3 is 2.61 bits per heavy atom. The summed E-state index contributed by atoms with van der Waals surface area (Å²) in [5.74, 6) is 0.765. The standard InChI is InChI=1S/C17H29N/c1-5-12-18-17(15(4)6-2)11-10-16-9-7-8-14(3)13-16/h7-9,13,15,17-18H,5-6,10-12H2,1-4H3. The van der Waals surface area contributed by atoms with E-state index in [-0.39, 0.29) is 0 Å². The molecule has 0 aliphatic carbocycles. The van der Waals surface area contributed by atoms with Gasteiger partial charge in [-0.3, -0.25) is 0 Å². The van der Waals surface area contributed by atoms with Crippen molar-refractivity contribution in [2.75, 3.05) is 6.54 Å². The summed E-state index contributed by atoms with van der Waals surface area (Å²) in [6.45, 7) is 10.2. The molecule has 2 unspecified atom stereocenters. The van der Waals surface area contributed by atoms with Crippen LogP contribution in [0.5, 0.6) is 0 Å². The third kappa shape index (κ3) is 5.22. The predicted octanol–water partition coefficient (Wildman–Crippen LogP) is 4.34. The Kier molecular flexibility index (Phi) is 7.04. The molecule has 18 heavy (non-hydrogen) atoms. The van der Waals surface area contributed by atoms with Crippen LogP contribution in [0.15, 0.2) is 24.3 Å². The van der Waals surface area contributed by atoms with Gasteiger partial charge in [-0.2, -0.15) is 0 Å². The topological polar surface area (TPSA) is 12.0 Å². The molecule has 2 atom stereocenters. The zero-order valence-electron chi connectivity index (χ0n) is 12.5. The van der Waals surface area contributed by atoms with E-state index in [1.165, 1.54) is 36.8 Å². The van der Waals surface area contributed by atoms with E-state index in [4.69, 9.17) is 0 Å². The molecule has 1 aromatic carbocycles. The number of aryl methyl sites for hydroxylation is 2. The van der Waals surface area contributed by atoms with E-state index in [1.54, 1.807) is 0 Å². The summed E-state index contributed by atoms with van der Waals surface area (Å²) in [5, 5.41) is 3.70. The zero-order chi connectivity index (χ0) is 13.4. The molecule has 1 N–H and O–H groups in total. The van der Waals surface area contributed by atoms with Gasteiger partial charge in [-0.25, -0.2) is 0 Å². The van der Waals surface area contributed by atoms with Crippen LogP contribution in [0.1, 0.15) is 51.2 Å². The molecule has 0 saturated heterocycles. The zero-order valence-corrected chi connectivity index (χ0v) is 12.5. The molecule has 102 valence electrons. The van der Waals surface area contributed by atoms with Crippen molar-refractivity contribution in [2.45, 2.75) is 59.4 Å². The minimum atomic E-state index is 0.662. The first kappa shape index (κ1) is 15.2. The Labute approximate surface area is 113 Å². The molecule has 0 amide bonds. The first-order valence-electron chi connectivity index (χ1n) is 7.46. The van der Waals surface area contributed by atoms with Crippen molar-refractivity contribution in [3.05, 3.63) is 35.4 Å². The summed E-state index contributed by atoms with van der Waals surface area (Å²) < 4.78 is 0. The van der Waals surface area contributed by atoms with Gasteiger partial charge in [0, 0.05) is 6.04 Å². The van der Waals surface area contributed by atoms with Crippen molar-refractivity contribution >= 4 is 0 Å². The predicted molar refractivity (Wildman–Crippen MR) is 81.0 cm³/mol. The minimum Gasteiger partial charge on any atom is -0.314 e. The largest absolute Gasteiger partial charge is 0.314 e. The van der Waals surface area contributed by atoms with E-state index >= 15 is 0 Å². The summed E-state index contributed by atoms with van der Waals surface area (Å²) in [5.41, 5.74) is 2.84. The van der Waals surface area contributed by atoms with Crippen LogP contribution in [0, 0.1) is 12.8 Å². The first-order chi connectivity index (χ1) is 8.67. The highest BCUT2D eigenvalue weighted by Crippen LogP contribution is 2.15. The molecule has 0 saturated carbocycles. The van der Waals surface area contributed by atoms with Gasteiger partial charge in [-0.15, -0.1) is 0 Å². The Balaban J connectivity index is 2.50. The maximum atomic E-state index is 3.70. The number of rotatable bonds is 8. The van der Waals surface area contributed by atoms with E-state index in [0.29, 0.717) is 6.04 Å². The van der Waals surface area contributed by atoms with Crippen LogP contribution in [0.4, 0.5) is 0 Å². The van der Waals surface area contributed by atoms with E-state index in [0.717, 1.165) is 12.5 Å². The molecule has 0 radical (unpaired) electrons. The smallest absolute Gasteiger partial charge is 0.00957 e. The highest BCUT2D eigenvalue weighted by atomic mass is 14.9. The fraction of sp³-hybridized carbons (Fsp3) is 0.647. The Morgan fingerprint density at radius 2 is 2.00 bits per heavy atom. The van der Waals surface area contributed by atoms with Gasteiger partial charge in [0.05, 0.1) is 0 Å². The summed E-state index contributed by atoms with van der Waals surface area (Å²) in [6.07, 6.45) is 4.92. The number of nitrogens with one attached hydrogen (secondary N) is 1. The lowest BCUT2D eigenvalue weighted by molar-refractivity contribution is 0.348. The van der Waals surface area contributed by atoms with Crippen LogP contribution in [0.2, 0.25) is 0 Å². The molecular weight excluding hydrogens is 218 g/mol. The average Bonchev–Trinajstić information content (AvgIpc) is 2.38. The second-order valence-corrected chi connectivity index (χ2v) is 5.47. The molecule has 0 spiro atoms. The molecule has 0 aliphatic rings. The van der Waals surface area contributed by atoms with Gasteiger partial charge in [0.1, 0.15) is 0 Å². The third-order valence-corrected chi connectivity index (χ3v) is 3.81. The lowest BCUT2D eigenvalue weighted by Crippen LogP contribution is -2.35. The van der Waals surface area contributed by atoms with Crippen molar-refractivity contribution < 1.29 is 0 Å². The molecule has 0 aromatic heterocycles. The second kappa shape index (κ2) is 8.31. The molecule has 1 heteroatoms.